The lowest BCUT2D eigenvalue weighted by atomic mass is 9.88. The van der Waals surface area contributed by atoms with E-state index in [0.29, 0.717) is 73.4 Å². The number of methoxy groups -OCH3 is 1. The number of amides is 3. The molecule has 3 aliphatic heterocycles. The van der Waals surface area contributed by atoms with Crippen LogP contribution in [0.5, 0.6) is 0 Å². The van der Waals surface area contributed by atoms with Gasteiger partial charge in [-0.2, -0.15) is 19.6 Å². The molecule has 0 bridgehead atoms. The van der Waals surface area contributed by atoms with Crippen molar-refractivity contribution in [2.24, 2.45) is 20.0 Å². The van der Waals surface area contributed by atoms with Gasteiger partial charge in [-0.15, -0.1) is 0 Å². The summed E-state index contributed by atoms with van der Waals surface area (Å²) in [7, 11) is 1.27. The van der Waals surface area contributed by atoms with Gasteiger partial charge >= 0.3 is 6.03 Å². The molecule has 3 aromatic heterocycles. The van der Waals surface area contributed by atoms with Crippen molar-refractivity contribution in [2.45, 2.75) is 68.9 Å². The lowest BCUT2D eigenvalue weighted by Crippen LogP contribution is -2.49. The zero-order valence-corrected chi connectivity index (χ0v) is 35.7. The molecular formula is C43H51N11O6S. The highest BCUT2D eigenvalue weighted by Crippen LogP contribution is 2.34. The first-order valence-corrected chi connectivity index (χ1v) is 22.2. The van der Waals surface area contributed by atoms with Gasteiger partial charge in [-0.25, -0.2) is 18.2 Å². The van der Waals surface area contributed by atoms with Gasteiger partial charge in [0.25, 0.3) is 5.56 Å². The quantitative estimate of drug-likeness (QED) is 0.183. The number of aryl methyl sites for hydroxylation is 2. The van der Waals surface area contributed by atoms with E-state index in [1.807, 2.05) is 13.1 Å². The Kier molecular flexibility index (Phi) is 11.9. The number of nitriles is 1. The maximum absolute atomic E-state index is 13.9. The standard InChI is InChI=1S/C43H51N11O6S/c1-27(25-52-14-9-28(10-15-52)29-6-8-36-37(22-29)51(3)49-40(36)54-18-13-38(55)47-43(54)57)19-31-21-35(7-5-30(31)23-44)61(58,59)53-16-11-34(12-17-53)46-42-45-24-32-20-33(26-60-4)41(56)50(2)39(32)48-42/h5-8,20-22,24,27-28,34H,9-19,25-26H2,1-4H3,(H,45,46,48)(H,47,55,57). The monoisotopic (exact) mass is 849 g/mol. The summed E-state index contributed by atoms with van der Waals surface area (Å²) in [4.78, 5) is 50.2. The number of nitrogens with one attached hydrogen (secondary N) is 2. The number of urea groups is 1. The first-order valence-electron chi connectivity index (χ1n) is 20.8. The van der Waals surface area contributed by atoms with Gasteiger partial charge in [-0.3, -0.25) is 29.1 Å². The van der Waals surface area contributed by atoms with Gasteiger partial charge in [0.2, 0.25) is 21.9 Å². The number of ether oxygens (including phenoxy) is 1. The zero-order chi connectivity index (χ0) is 43.0. The second kappa shape index (κ2) is 17.3. The number of carbonyl (C=O) groups is 2. The smallest absolute Gasteiger partial charge is 0.329 e. The third-order valence-corrected chi connectivity index (χ3v) is 14.2. The predicted octanol–water partition coefficient (Wildman–Crippen LogP) is 4.00. The highest BCUT2D eigenvalue weighted by molar-refractivity contribution is 7.89. The lowest BCUT2D eigenvalue weighted by molar-refractivity contribution is -0.120. The Bertz CT molecular complexity index is 2710. The number of carbonyl (C=O) groups excluding carboxylic acids is 2. The maximum atomic E-state index is 13.9. The first kappa shape index (κ1) is 42.0. The largest absolute Gasteiger partial charge is 0.380 e. The van der Waals surface area contributed by atoms with E-state index < -0.39 is 16.1 Å². The topological polar surface area (TPSA) is 201 Å². The number of fused-ring (bicyclic) bond motifs is 2. The van der Waals surface area contributed by atoms with Crippen molar-refractivity contribution in [1.82, 2.24) is 38.8 Å². The molecule has 17 nitrogen and oxygen atoms in total. The van der Waals surface area contributed by atoms with Crippen LogP contribution in [0.15, 0.2) is 58.4 Å². The summed E-state index contributed by atoms with van der Waals surface area (Å²) in [6, 6.07) is 14.7. The van der Waals surface area contributed by atoms with Gasteiger partial charge in [0, 0.05) is 82.4 Å². The third kappa shape index (κ3) is 8.60. The molecule has 3 aliphatic rings. The molecule has 0 aliphatic carbocycles. The Morgan fingerprint density at radius 3 is 2.48 bits per heavy atom. The SMILES string of the molecule is COCc1cc2cnc(NC3CCN(S(=O)(=O)c4ccc(C#N)c(CC(C)CN5CCC(c6ccc7c(N8CCC(=O)NC8=O)nn(C)c7c6)CC5)c4)CC3)nc2n(C)c1=O. The molecule has 18 heteroatoms. The van der Waals surface area contributed by atoms with E-state index in [4.69, 9.17) is 4.74 Å². The van der Waals surface area contributed by atoms with Crippen LogP contribution in [0.25, 0.3) is 21.9 Å². The van der Waals surface area contributed by atoms with Crippen LogP contribution < -0.4 is 21.1 Å². The van der Waals surface area contributed by atoms with E-state index in [-0.39, 0.29) is 41.3 Å². The molecule has 0 saturated carbocycles. The van der Waals surface area contributed by atoms with E-state index in [0.717, 1.165) is 54.3 Å². The van der Waals surface area contributed by atoms with Crippen LogP contribution in [0.3, 0.4) is 0 Å². The van der Waals surface area contributed by atoms with Crippen LogP contribution >= 0.6 is 0 Å². The minimum absolute atomic E-state index is 0.0562. The minimum Gasteiger partial charge on any atom is -0.380 e. The number of imide groups is 1. The van der Waals surface area contributed by atoms with Crippen LogP contribution in [-0.4, -0.2) is 106 Å². The highest BCUT2D eigenvalue weighted by atomic mass is 32.2. The lowest BCUT2D eigenvalue weighted by Gasteiger charge is -2.34. The Morgan fingerprint density at radius 2 is 1.75 bits per heavy atom. The Balaban J connectivity index is 0.855. The number of aromatic nitrogens is 5. The van der Waals surface area contributed by atoms with Crippen molar-refractivity contribution in [1.29, 1.82) is 5.26 Å². The number of piperidine rings is 2. The highest BCUT2D eigenvalue weighted by Gasteiger charge is 2.32. The average molecular weight is 850 g/mol. The van der Waals surface area contributed by atoms with Crippen LogP contribution in [0.4, 0.5) is 16.6 Å². The van der Waals surface area contributed by atoms with Crippen LogP contribution in [0, 0.1) is 17.2 Å². The average Bonchev–Trinajstić information content (AvgIpc) is 3.58. The van der Waals surface area contributed by atoms with Gasteiger partial charge in [0.05, 0.1) is 28.7 Å². The van der Waals surface area contributed by atoms with Crippen LogP contribution in [-0.2, 0) is 46.7 Å². The molecular weight excluding hydrogens is 799 g/mol. The van der Waals surface area contributed by atoms with E-state index in [1.54, 1.807) is 42.2 Å². The third-order valence-electron chi connectivity index (χ3n) is 12.3. The molecule has 1 atom stereocenters. The molecule has 3 fully saturated rings. The molecule has 6 heterocycles. The number of likely N-dealkylation sites (tertiary alicyclic amines) is 1. The number of hydrogen-bond donors (Lipinski definition) is 2. The Morgan fingerprint density at radius 1 is 0.984 bits per heavy atom. The number of anilines is 2. The van der Waals surface area contributed by atoms with Crippen molar-refractivity contribution >= 4 is 55.7 Å². The van der Waals surface area contributed by atoms with Crippen molar-refractivity contribution in [3.63, 3.8) is 0 Å². The number of hydrogen-bond acceptors (Lipinski definition) is 12. The molecule has 61 heavy (non-hydrogen) atoms. The number of rotatable bonds is 12. The second-order valence-corrected chi connectivity index (χ2v) is 18.5. The molecule has 3 saturated heterocycles. The molecule has 2 N–H and O–H groups in total. The van der Waals surface area contributed by atoms with Gasteiger partial charge in [-0.1, -0.05) is 13.0 Å². The number of pyridine rings is 1. The summed E-state index contributed by atoms with van der Waals surface area (Å²) in [6.45, 7) is 5.92. The fourth-order valence-corrected chi connectivity index (χ4v) is 10.5. The number of benzene rings is 2. The first-order chi connectivity index (χ1) is 29.3. The zero-order valence-electron chi connectivity index (χ0n) is 34.9. The molecule has 3 amide bonds. The normalized spacial score (nSPS) is 18.1. The van der Waals surface area contributed by atoms with E-state index in [9.17, 15) is 28.1 Å². The van der Waals surface area contributed by atoms with E-state index in [2.05, 4.69) is 55.7 Å². The molecule has 8 rings (SSSR count). The number of sulfonamides is 1. The van der Waals surface area contributed by atoms with Crippen LogP contribution in [0.2, 0.25) is 0 Å². The van der Waals surface area contributed by atoms with Gasteiger partial charge in [-0.05, 0) is 105 Å². The minimum atomic E-state index is -3.81. The Hall–Kier alpha value is -5.74. The molecule has 5 aromatic rings. The number of nitrogens with zero attached hydrogens (tertiary/aromatic N) is 9. The van der Waals surface area contributed by atoms with Crippen molar-refractivity contribution < 1.29 is 22.7 Å². The maximum Gasteiger partial charge on any atom is 0.329 e. The van der Waals surface area contributed by atoms with Crippen molar-refractivity contribution in [2.75, 3.05) is 56.6 Å². The van der Waals surface area contributed by atoms with Crippen molar-refractivity contribution in [3.8, 4) is 6.07 Å². The van der Waals surface area contributed by atoms with E-state index >= 15 is 0 Å². The summed E-state index contributed by atoms with van der Waals surface area (Å²) in [5, 5.41) is 21.9. The summed E-state index contributed by atoms with van der Waals surface area (Å²) >= 11 is 0. The van der Waals surface area contributed by atoms with Gasteiger partial charge in [0.15, 0.2) is 5.82 Å². The molecule has 0 radical (unpaired) electrons. The summed E-state index contributed by atoms with van der Waals surface area (Å²) < 4.78 is 37.8. The van der Waals surface area contributed by atoms with Crippen molar-refractivity contribution in [3.05, 3.63) is 81.3 Å². The predicted molar refractivity (Wildman–Crippen MR) is 230 cm³/mol. The summed E-state index contributed by atoms with van der Waals surface area (Å²) in [6.07, 6.45) is 5.54. The van der Waals surface area contributed by atoms with Gasteiger partial charge < -0.3 is 15.0 Å². The summed E-state index contributed by atoms with van der Waals surface area (Å²) in [5.41, 5.74) is 4.22. The molecule has 0 spiro atoms. The van der Waals surface area contributed by atoms with E-state index in [1.165, 1.54) is 26.4 Å². The fraction of sp³-hybridized carbons (Fsp3) is 0.465. The summed E-state index contributed by atoms with van der Waals surface area (Å²) in [5.74, 6) is 1.21. The molecule has 1 unspecified atom stereocenters. The fourth-order valence-electron chi connectivity index (χ4n) is 9.03. The van der Waals surface area contributed by atoms with Crippen LogP contribution in [0.1, 0.15) is 67.2 Å². The Labute approximate surface area is 354 Å². The second-order valence-electron chi connectivity index (χ2n) is 16.6. The molecule has 2 aromatic carbocycles. The van der Waals surface area contributed by atoms with Gasteiger partial charge in [0.1, 0.15) is 5.65 Å². The molecule has 320 valence electrons.